The predicted molar refractivity (Wildman–Crippen MR) is 67.1 cm³/mol. The van der Waals surface area contributed by atoms with Crippen LogP contribution >= 0.6 is 0 Å². The second kappa shape index (κ2) is 5.13. The monoisotopic (exact) mass is 232 g/mol. The van der Waals surface area contributed by atoms with Gasteiger partial charge in [-0.1, -0.05) is 26.0 Å². The number of hydrogen-bond donors (Lipinski definition) is 0. The second-order valence-corrected chi connectivity index (χ2v) is 4.68. The van der Waals surface area contributed by atoms with Gasteiger partial charge in [-0.3, -0.25) is 4.68 Å². The van der Waals surface area contributed by atoms with Crippen LogP contribution in [-0.4, -0.2) is 9.78 Å². The third-order valence-corrected chi connectivity index (χ3v) is 2.75. The van der Waals surface area contributed by atoms with E-state index in [1.54, 1.807) is 12.1 Å². The molecule has 0 amide bonds. The highest BCUT2D eigenvalue weighted by Crippen LogP contribution is 2.18. The number of hydrogen-bond acceptors (Lipinski definition) is 1. The molecule has 0 N–H and O–H groups in total. The molecule has 17 heavy (non-hydrogen) atoms. The van der Waals surface area contributed by atoms with E-state index in [9.17, 15) is 4.39 Å². The molecule has 2 aromatic rings. The van der Waals surface area contributed by atoms with Crippen LogP contribution in [0.5, 0.6) is 0 Å². The summed E-state index contributed by atoms with van der Waals surface area (Å²) in [5, 5.41) is 4.31. The number of rotatable bonds is 4. The van der Waals surface area contributed by atoms with Crippen molar-refractivity contribution in [2.45, 2.75) is 26.8 Å². The fourth-order valence-electron chi connectivity index (χ4n) is 1.67. The number of aromatic nitrogens is 2. The van der Waals surface area contributed by atoms with Crippen molar-refractivity contribution in [2.75, 3.05) is 0 Å². The van der Waals surface area contributed by atoms with E-state index in [-0.39, 0.29) is 5.82 Å². The summed E-state index contributed by atoms with van der Waals surface area (Å²) in [6.45, 7) is 5.33. The van der Waals surface area contributed by atoms with Crippen LogP contribution in [-0.2, 0) is 6.54 Å². The van der Waals surface area contributed by atoms with Gasteiger partial charge in [0.05, 0.1) is 6.20 Å². The molecule has 1 aromatic carbocycles. The van der Waals surface area contributed by atoms with Gasteiger partial charge < -0.3 is 0 Å². The van der Waals surface area contributed by atoms with Crippen LogP contribution in [0.3, 0.4) is 0 Å². The van der Waals surface area contributed by atoms with E-state index in [0.717, 1.165) is 24.1 Å². The molecule has 1 heterocycles. The molecule has 0 aliphatic heterocycles. The fourth-order valence-corrected chi connectivity index (χ4v) is 1.67. The summed E-state index contributed by atoms with van der Waals surface area (Å²) < 4.78 is 14.7. The second-order valence-electron chi connectivity index (χ2n) is 4.68. The molecule has 0 unspecified atom stereocenters. The van der Waals surface area contributed by atoms with Crippen LogP contribution in [0.15, 0.2) is 36.7 Å². The Kier molecular flexibility index (Phi) is 3.57. The maximum absolute atomic E-state index is 12.8. The molecule has 90 valence electrons. The Morgan fingerprint density at radius 3 is 2.53 bits per heavy atom. The molecule has 0 spiro atoms. The lowest BCUT2D eigenvalue weighted by Crippen LogP contribution is -2.01. The normalized spacial score (nSPS) is 11.1. The Labute approximate surface area is 101 Å². The van der Waals surface area contributed by atoms with Crippen LogP contribution in [0, 0.1) is 11.7 Å². The zero-order chi connectivity index (χ0) is 12.3. The summed E-state index contributed by atoms with van der Waals surface area (Å²) >= 11 is 0. The molecule has 0 fully saturated rings. The molecule has 0 saturated heterocycles. The number of halogens is 1. The molecule has 0 atom stereocenters. The van der Waals surface area contributed by atoms with Gasteiger partial charge in [0.2, 0.25) is 0 Å². The number of nitrogens with zero attached hydrogens (tertiary/aromatic N) is 2. The van der Waals surface area contributed by atoms with E-state index in [1.165, 1.54) is 12.1 Å². The minimum Gasteiger partial charge on any atom is -0.272 e. The molecule has 2 rings (SSSR count). The average Bonchev–Trinajstić information content (AvgIpc) is 2.76. The van der Waals surface area contributed by atoms with Gasteiger partial charge in [-0.25, -0.2) is 4.39 Å². The highest BCUT2D eigenvalue weighted by molar-refractivity contribution is 5.61. The Hall–Kier alpha value is -1.64. The van der Waals surface area contributed by atoms with E-state index in [2.05, 4.69) is 18.9 Å². The highest BCUT2D eigenvalue weighted by Gasteiger charge is 2.02. The molecule has 1 aromatic heterocycles. The molecular weight excluding hydrogens is 215 g/mol. The van der Waals surface area contributed by atoms with Gasteiger partial charge in [-0.2, -0.15) is 5.10 Å². The van der Waals surface area contributed by atoms with E-state index in [4.69, 9.17) is 0 Å². The summed E-state index contributed by atoms with van der Waals surface area (Å²) in [6, 6.07) is 6.50. The van der Waals surface area contributed by atoms with Crippen molar-refractivity contribution in [3.05, 3.63) is 42.5 Å². The first kappa shape index (κ1) is 11.8. The predicted octanol–water partition coefficient (Wildman–Crippen LogP) is 3.74. The van der Waals surface area contributed by atoms with Crippen LogP contribution in [0.1, 0.15) is 20.3 Å². The molecule has 0 bridgehead atoms. The van der Waals surface area contributed by atoms with Crippen molar-refractivity contribution in [2.24, 2.45) is 5.92 Å². The maximum Gasteiger partial charge on any atom is 0.123 e. The van der Waals surface area contributed by atoms with E-state index >= 15 is 0 Å². The lowest BCUT2D eigenvalue weighted by Gasteiger charge is -2.03. The molecule has 0 aliphatic rings. The first-order valence-electron chi connectivity index (χ1n) is 5.93. The molecular formula is C14H17FN2. The summed E-state index contributed by atoms with van der Waals surface area (Å²) in [5.74, 6) is 0.467. The minimum absolute atomic E-state index is 0.207. The minimum atomic E-state index is -0.207. The van der Waals surface area contributed by atoms with Gasteiger partial charge in [-0.15, -0.1) is 0 Å². The standard InChI is InChI=1S/C14H17FN2/c1-11(2)7-8-17-10-13(9-16-17)12-3-5-14(15)6-4-12/h3-6,9-11H,7-8H2,1-2H3. The van der Waals surface area contributed by atoms with Crippen LogP contribution in [0.4, 0.5) is 4.39 Å². The van der Waals surface area contributed by atoms with Crippen LogP contribution in [0.2, 0.25) is 0 Å². The highest BCUT2D eigenvalue weighted by atomic mass is 19.1. The van der Waals surface area contributed by atoms with Crippen molar-refractivity contribution >= 4 is 0 Å². The Morgan fingerprint density at radius 1 is 1.18 bits per heavy atom. The molecule has 2 nitrogen and oxygen atoms in total. The summed E-state index contributed by atoms with van der Waals surface area (Å²) in [4.78, 5) is 0. The van der Waals surface area contributed by atoms with E-state index in [1.807, 2.05) is 17.1 Å². The summed E-state index contributed by atoms with van der Waals surface area (Å²) in [7, 11) is 0. The Bertz CT molecular complexity index is 471. The molecule has 3 heteroatoms. The Balaban J connectivity index is 2.10. The Morgan fingerprint density at radius 2 is 1.88 bits per heavy atom. The lowest BCUT2D eigenvalue weighted by atomic mass is 10.1. The molecule has 0 aliphatic carbocycles. The van der Waals surface area contributed by atoms with E-state index in [0.29, 0.717) is 5.92 Å². The van der Waals surface area contributed by atoms with Gasteiger partial charge in [-0.05, 0) is 30.0 Å². The van der Waals surface area contributed by atoms with Gasteiger partial charge >= 0.3 is 0 Å². The molecule has 0 radical (unpaired) electrons. The van der Waals surface area contributed by atoms with Gasteiger partial charge in [0.25, 0.3) is 0 Å². The van der Waals surface area contributed by atoms with Gasteiger partial charge in [0, 0.05) is 18.3 Å². The van der Waals surface area contributed by atoms with Crippen molar-refractivity contribution in [1.82, 2.24) is 9.78 Å². The van der Waals surface area contributed by atoms with Crippen molar-refractivity contribution in [3.8, 4) is 11.1 Å². The average molecular weight is 232 g/mol. The largest absolute Gasteiger partial charge is 0.272 e. The fraction of sp³-hybridized carbons (Fsp3) is 0.357. The maximum atomic E-state index is 12.8. The van der Waals surface area contributed by atoms with Gasteiger partial charge in [0.1, 0.15) is 5.82 Å². The lowest BCUT2D eigenvalue weighted by molar-refractivity contribution is 0.487. The summed E-state index contributed by atoms with van der Waals surface area (Å²) in [6.07, 6.45) is 4.95. The topological polar surface area (TPSA) is 17.8 Å². The summed E-state index contributed by atoms with van der Waals surface area (Å²) in [5.41, 5.74) is 2.04. The smallest absolute Gasteiger partial charge is 0.123 e. The van der Waals surface area contributed by atoms with Crippen molar-refractivity contribution in [3.63, 3.8) is 0 Å². The van der Waals surface area contributed by atoms with Gasteiger partial charge in [0.15, 0.2) is 0 Å². The zero-order valence-corrected chi connectivity index (χ0v) is 10.2. The quantitative estimate of drug-likeness (QED) is 0.785. The third kappa shape index (κ3) is 3.16. The SMILES string of the molecule is CC(C)CCn1cc(-c2ccc(F)cc2)cn1. The molecule has 0 saturated carbocycles. The zero-order valence-electron chi connectivity index (χ0n) is 10.2. The third-order valence-electron chi connectivity index (χ3n) is 2.75. The van der Waals surface area contributed by atoms with Crippen LogP contribution < -0.4 is 0 Å². The van der Waals surface area contributed by atoms with Crippen LogP contribution in [0.25, 0.3) is 11.1 Å². The number of benzene rings is 1. The van der Waals surface area contributed by atoms with Crippen molar-refractivity contribution in [1.29, 1.82) is 0 Å². The first-order chi connectivity index (χ1) is 8.15. The first-order valence-corrected chi connectivity index (χ1v) is 5.93. The number of aryl methyl sites for hydroxylation is 1. The van der Waals surface area contributed by atoms with E-state index < -0.39 is 0 Å². The van der Waals surface area contributed by atoms with Crippen molar-refractivity contribution < 1.29 is 4.39 Å².